The molecule has 0 amide bonds. The highest BCUT2D eigenvalue weighted by molar-refractivity contribution is 6.32. The Morgan fingerprint density at radius 1 is 1.14 bits per heavy atom. The molecule has 3 aromatic rings. The predicted molar refractivity (Wildman–Crippen MR) is 85.9 cm³/mol. The third-order valence-electron chi connectivity index (χ3n) is 3.60. The zero-order chi connectivity index (χ0) is 15.9. The van der Waals surface area contributed by atoms with Crippen molar-refractivity contribution in [2.24, 2.45) is 7.05 Å². The van der Waals surface area contributed by atoms with E-state index in [0.717, 1.165) is 16.8 Å². The number of fused-ring (bicyclic) bond motifs is 1. The van der Waals surface area contributed by atoms with Crippen molar-refractivity contribution >= 4 is 22.6 Å². The Labute approximate surface area is 132 Å². The van der Waals surface area contributed by atoms with Gasteiger partial charge in [-0.3, -0.25) is 0 Å². The number of methoxy groups -OCH3 is 2. The van der Waals surface area contributed by atoms with E-state index in [9.17, 15) is 5.11 Å². The van der Waals surface area contributed by atoms with Crippen molar-refractivity contribution in [1.29, 1.82) is 0 Å². The summed E-state index contributed by atoms with van der Waals surface area (Å²) in [5, 5.41) is 9.97. The van der Waals surface area contributed by atoms with E-state index in [0.29, 0.717) is 17.1 Å². The van der Waals surface area contributed by atoms with Crippen LogP contribution in [0, 0.1) is 0 Å². The van der Waals surface area contributed by atoms with Crippen molar-refractivity contribution in [2.45, 2.75) is 0 Å². The van der Waals surface area contributed by atoms with Crippen LogP contribution in [0.5, 0.6) is 17.2 Å². The van der Waals surface area contributed by atoms with Gasteiger partial charge in [-0.25, -0.2) is 4.98 Å². The van der Waals surface area contributed by atoms with Crippen LogP contribution < -0.4 is 9.47 Å². The average Bonchev–Trinajstić information content (AvgIpc) is 2.85. The molecule has 114 valence electrons. The summed E-state index contributed by atoms with van der Waals surface area (Å²) >= 11 is 6.03. The van der Waals surface area contributed by atoms with Gasteiger partial charge in [0, 0.05) is 19.2 Å². The second-order valence-electron chi connectivity index (χ2n) is 4.85. The predicted octanol–water partition coefficient (Wildman–Crippen LogP) is 3.62. The van der Waals surface area contributed by atoms with E-state index < -0.39 is 0 Å². The third-order valence-corrected chi connectivity index (χ3v) is 3.90. The van der Waals surface area contributed by atoms with Crippen LogP contribution in [-0.4, -0.2) is 28.9 Å². The summed E-state index contributed by atoms with van der Waals surface area (Å²) in [4.78, 5) is 4.63. The fraction of sp³-hybridized carbons (Fsp3) is 0.188. The quantitative estimate of drug-likeness (QED) is 0.801. The van der Waals surface area contributed by atoms with Crippen LogP contribution in [0.4, 0.5) is 0 Å². The highest BCUT2D eigenvalue weighted by atomic mass is 35.5. The topological polar surface area (TPSA) is 56.5 Å². The molecule has 0 saturated carbocycles. The van der Waals surface area contributed by atoms with Gasteiger partial charge in [0.1, 0.15) is 23.1 Å². The molecule has 0 unspecified atom stereocenters. The fourth-order valence-corrected chi connectivity index (χ4v) is 2.60. The maximum Gasteiger partial charge on any atom is 0.144 e. The van der Waals surface area contributed by atoms with E-state index in [1.54, 1.807) is 13.2 Å². The van der Waals surface area contributed by atoms with E-state index in [4.69, 9.17) is 21.1 Å². The summed E-state index contributed by atoms with van der Waals surface area (Å²) in [5.41, 5.74) is 2.48. The van der Waals surface area contributed by atoms with Crippen molar-refractivity contribution in [1.82, 2.24) is 9.55 Å². The van der Waals surface area contributed by atoms with Crippen LogP contribution in [-0.2, 0) is 7.05 Å². The Morgan fingerprint density at radius 2 is 1.91 bits per heavy atom. The van der Waals surface area contributed by atoms with Gasteiger partial charge >= 0.3 is 0 Å². The molecule has 0 saturated heterocycles. The number of phenols is 1. The van der Waals surface area contributed by atoms with Crippen LogP contribution in [0.2, 0.25) is 5.02 Å². The SMILES string of the molecule is COc1ccc2c(c1)nc(-c1cc(Cl)c(O)cc1OC)n2C. The standard InChI is InChI=1S/C16H15ClN2O3/c1-19-13-5-4-9(21-2)6-12(13)18-16(19)10-7-11(17)14(20)8-15(10)22-3/h4-8,20H,1-3H3. The van der Waals surface area contributed by atoms with Crippen molar-refractivity contribution < 1.29 is 14.6 Å². The molecule has 0 atom stereocenters. The number of phenolic OH excluding ortho intramolecular Hbond substituents is 1. The van der Waals surface area contributed by atoms with Gasteiger partial charge in [-0.15, -0.1) is 0 Å². The Morgan fingerprint density at radius 3 is 2.59 bits per heavy atom. The molecular formula is C16H15ClN2O3. The number of hydrogen-bond donors (Lipinski definition) is 1. The molecule has 22 heavy (non-hydrogen) atoms. The van der Waals surface area contributed by atoms with E-state index in [2.05, 4.69) is 4.98 Å². The number of aryl methyl sites for hydroxylation is 1. The second-order valence-corrected chi connectivity index (χ2v) is 5.26. The van der Waals surface area contributed by atoms with Gasteiger partial charge in [0.2, 0.25) is 0 Å². The van der Waals surface area contributed by atoms with Crippen LogP contribution in [0.25, 0.3) is 22.4 Å². The molecule has 3 rings (SSSR count). The number of halogens is 1. The summed E-state index contributed by atoms with van der Waals surface area (Å²) in [7, 11) is 5.07. The van der Waals surface area contributed by atoms with Gasteiger partial charge in [0.15, 0.2) is 0 Å². The lowest BCUT2D eigenvalue weighted by atomic mass is 10.1. The molecule has 5 nitrogen and oxygen atoms in total. The number of benzene rings is 2. The van der Waals surface area contributed by atoms with E-state index in [1.807, 2.05) is 29.8 Å². The van der Waals surface area contributed by atoms with Gasteiger partial charge in [-0.2, -0.15) is 0 Å². The number of aromatic hydroxyl groups is 1. The lowest BCUT2D eigenvalue weighted by Gasteiger charge is -2.10. The summed E-state index contributed by atoms with van der Waals surface area (Å²) in [6, 6.07) is 8.83. The van der Waals surface area contributed by atoms with E-state index in [1.165, 1.54) is 13.2 Å². The minimum atomic E-state index is -0.0253. The monoisotopic (exact) mass is 318 g/mol. The largest absolute Gasteiger partial charge is 0.506 e. The van der Waals surface area contributed by atoms with Crippen molar-refractivity contribution in [2.75, 3.05) is 14.2 Å². The maximum atomic E-state index is 9.72. The Kier molecular flexibility index (Phi) is 3.58. The Bertz CT molecular complexity index is 858. The van der Waals surface area contributed by atoms with E-state index in [-0.39, 0.29) is 10.8 Å². The zero-order valence-electron chi connectivity index (χ0n) is 12.4. The summed E-state index contributed by atoms with van der Waals surface area (Å²) < 4.78 is 12.5. The maximum absolute atomic E-state index is 9.72. The molecule has 6 heteroatoms. The minimum absolute atomic E-state index is 0.0253. The molecular weight excluding hydrogens is 304 g/mol. The van der Waals surface area contributed by atoms with Crippen molar-refractivity contribution in [3.63, 3.8) is 0 Å². The molecule has 1 heterocycles. The number of hydrogen-bond acceptors (Lipinski definition) is 4. The first kappa shape index (κ1) is 14.5. The lowest BCUT2D eigenvalue weighted by Crippen LogP contribution is -1.96. The molecule has 2 aromatic carbocycles. The van der Waals surface area contributed by atoms with Crippen LogP contribution in [0.15, 0.2) is 30.3 Å². The smallest absolute Gasteiger partial charge is 0.144 e. The Hall–Kier alpha value is -2.40. The minimum Gasteiger partial charge on any atom is -0.506 e. The first-order chi connectivity index (χ1) is 10.5. The number of ether oxygens (including phenoxy) is 2. The summed E-state index contributed by atoms with van der Waals surface area (Å²) in [6.45, 7) is 0. The van der Waals surface area contributed by atoms with Crippen LogP contribution in [0.1, 0.15) is 0 Å². The molecule has 0 aliphatic carbocycles. The van der Waals surface area contributed by atoms with Crippen LogP contribution >= 0.6 is 11.6 Å². The molecule has 0 fully saturated rings. The molecule has 0 spiro atoms. The first-order valence-electron chi connectivity index (χ1n) is 6.62. The van der Waals surface area contributed by atoms with Gasteiger partial charge in [0.05, 0.1) is 35.8 Å². The van der Waals surface area contributed by atoms with Crippen molar-refractivity contribution in [3.8, 4) is 28.6 Å². The Balaban J connectivity index is 2.26. The fourth-order valence-electron chi connectivity index (χ4n) is 2.43. The molecule has 1 aromatic heterocycles. The number of nitrogens with zero attached hydrogens (tertiary/aromatic N) is 2. The van der Waals surface area contributed by atoms with Gasteiger partial charge in [0.25, 0.3) is 0 Å². The van der Waals surface area contributed by atoms with Gasteiger partial charge in [-0.1, -0.05) is 11.6 Å². The highest BCUT2D eigenvalue weighted by Gasteiger charge is 2.17. The average molecular weight is 319 g/mol. The van der Waals surface area contributed by atoms with Crippen LogP contribution in [0.3, 0.4) is 0 Å². The molecule has 0 radical (unpaired) electrons. The van der Waals surface area contributed by atoms with Gasteiger partial charge in [-0.05, 0) is 18.2 Å². The molecule has 0 aliphatic heterocycles. The summed E-state index contributed by atoms with van der Waals surface area (Å²) in [6.07, 6.45) is 0. The van der Waals surface area contributed by atoms with E-state index >= 15 is 0 Å². The lowest BCUT2D eigenvalue weighted by molar-refractivity contribution is 0.409. The molecule has 1 N–H and O–H groups in total. The van der Waals surface area contributed by atoms with Crippen molar-refractivity contribution in [3.05, 3.63) is 35.4 Å². The molecule has 0 bridgehead atoms. The number of aromatic nitrogens is 2. The third kappa shape index (κ3) is 2.23. The normalized spacial score (nSPS) is 10.9. The van der Waals surface area contributed by atoms with Gasteiger partial charge < -0.3 is 19.1 Å². The first-order valence-corrected chi connectivity index (χ1v) is 7.00. The number of rotatable bonds is 3. The highest BCUT2D eigenvalue weighted by Crippen LogP contribution is 2.38. The summed E-state index contributed by atoms with van der Waals surface area (Å²) in [5.74, 6) is 1.92. The number of imidazole rings is 1. The zero-order valence-corrected chi connectivity index (χ0v) is 13.2. The second kappa shape index (κ2) is 5.42. The molecule has 0 aliphatic rings.